The van der Waals surface area contributed by atoms with Gasteiger partial charge in [0.1, 0.15) is 0 Å². The highest BCUT2D eigenvalue weighted by Crippen LogP contribution is 2.38. The molecule has 1 unspecified atom stereocenters. The summed E-state index contributed by atoms with van der Waals surface area (Å²) in [4.78, 5) is 12.1. The first kappa shape index (κ1) is 10.4. The summed E-state index contributed by atoms with van der Waals surface area (Å²) in [6.45, 7) is 5.86. The molecular formula is C13H16O2. The second-order valence-corrected chi connectivity index (χ2v) is 4.76. The summed E-state index contributed by atoms with van der Waals surface area (Å²) in [6.07, 6.45) is 0.672. The first-order chi connectivity index (χ1) is 6.99. The van der Waals surface area contributed by atoms with Gasteiger partial charge < -0.3 is 5.11 Å². The first-order valence-corrected chi connectivity index (χ1v) is 5.24. The van der Waals surface area contributed by atoms with Gasteiger partial charge in [0.05, 0.1) is 12.0 Å². The number of aliphatic hydroxyl groups excluding tert-OH is 1. The van der Waals surface area contributed by atoms with E-state index in [1.54, 1.807) is 0 Å². The summed E-state index contributed by atoms with van der Waals surface area (Å²) in [5, 5.41) is 9.31. The van der Waals surface area contributed by atoms with Crippen LogP contribution >= 0.6 is 0 Å². The summed E-state index contributed by atoms with van der Waals surface area (Å²) in [5.74, 6) is 0.0862. The van der Waals surface area contributed by atoms with Crippen LogP contribution in [0.1, 0.15) is 34.0 Å². The Kier molecular flexibility index (Phi) is 2.19. The molecule has 0 fully saturated rings. The zero-order chi connectivity index (χ0) is 11.2. The number of ketones is 1. The number of hydrogen-bond donors (Lipinski definition) is 1. The molecule has 0 aromatic heterocycles. The highest BCUT2D eigenvalue weighted by molar-refractivity contribution is 6.05. The van der Waals surface area contributed by atoms with Gasteiger partial charge in [-0.3, -0.25) is 4.79 Å². The Morgan fingerprint density at radius 1 is 1.40 bits per heavy atom. The molecule has 1 aliphatic rings. The van der Waals surface area contributed by atoms with Crippen LogP contribution in [-0.4, -0.2) is 17.5 Å². The van der Waals surface area contributed by atoms with E-state index < -0.39 is 5.41 Å². The predicted molar refractivity (Wildman–Crippen MR) is 59.1 cm³/mol. The van der Waals surface area contributed by atoms with E-state index in [1.165, 1.54) is 11.1 Å². The molecule has 0 radical (unpaired) electrons. The van der Waals surface area contributed by atoms with E-state index in [9.17, 15) is 9.90 Å². The van der Waals surface area contributed by atoms with E-state index in [-0.39, 0.29) is 12.4 Å². The fourth-order valence-electron chi connectivity index (χ4n) is 2.24. The molecule has 2 heteroatoms. The molecule has 2 rings (SSSR count). The van der Waals surface area contributed by atoms with E-state index in [0.29, 0.717) is 6.42 Å². The molecule has 0 saturated heterocycles. The van der Waals surface area contributed by atoms with Gasteiger partial charge >= 0.3 is 0 Å². The van der Waals surface area contributed by atoms with Crippen molar-refractivity contribution < 1.29 is 9.90 Å². The second kappa shape index (κ2) is 3.17. The summed E-state index contributed by atoms with van der Waals surface area (Å²) < 4.78 is 0. The van der Waals surface area contributed by atoms with Gasteiger partial charge in [-0.25, -0.2) is 0 Å². The van der Waals surface area contributed by atoms with Crippen LogP contribution in [0.15, 0.2) is 12.1 Å². The summed E-state index contributed by atoms with van der Waals surface area (Å²) in [7, 11) is 0. The fourth-order valence-corrected chi connectivity index (χ4v) is 2.24. The number of rotatable bonds is 1. The van der Waals surface area contributed by atoms with Crippen LogP contribution in [-0.2, 0) is 6.42 Å². The maximum absolute atomic E-state index is 12.1. The standard InChI is InChI=1S/C13H16O2/c1-8-4-5-10-11(9(8)2)6-13(3,7-14)12(10)15/h4-5,14H,6-7H2,1-3H3. The smallest absolute Gasteiger partial charge is 0.171 e. The molecule has 1 aliphatic carbocycles. The Labute approximate surface area is 89.9 Å². The van der Waals surface area contributed by atoms with Crippen molar-refractivity contribution in [2.45, 2.75) is 27.2 Å². The van der Waals surface area contributed by atoms with Crippen molar-refractivity contribution in [3.05, 3.63) is 34.4 Å². The van der Waals surface area contributed by atoms with E-state index in [0.717, 1.165) is 11.1 Å². The zero-order valence-corrected chi connectivity index (χ0v) is 9.42. The average Bonchev–Trinajstić information content (AvgIpc) is 2.48. The monoisotopic (exact) mass is 204 g/mol. The van der Waals surface area contributed by atoms with Crippen LogP contribution in [0, 0.1) is 19.3 Å². The lowest BCUT2D eigenvalue weighted by molar-refractivity contribution is 0.0722. The number of Topliss-reactive ketones (excluding diaryl/α,β-unsaturated/α-hetero) is 1. The van der Waals surface area contributed by atoms with Gasteiger partial charge in [-0.05, 0) is 43.9 Å². The minimum Gasteiger partial charge on any atom is -0.395 e. The van der Waals surface area contributed by atoms with Crippen LogP contribution in [0.3, 0.4) is 0 Å². The molecule has 15 heavy (non-hydrogen) atoms. The van der Waals surface area contributed by atoms with Gasteiger partial charge in [-0.2, -0.15) is 0 Å². The van der Waals surface area contributed by atoms with Gasteiger partial charge in [0.25, 0.3) is 0 Å². The van der Waals surface area contributed by atoms with Crippen molar-refractivity contribution in [3.63, 3.8) is 0 Å². The van der Waals surface area contributed by atoms with Crippen molar-refractivity contribution in [2.75, 3.05) is 6.61 Å². The lowest BCUT2D eigenvalue weighted by Gasteiger charge is -2.17. The Bertz CT molecular complexity index is 434. The lowest BCUT2D eigenvalue weighted by atomic mass is 9.87. The average molecular weight is 204 g/mol. The highest BCUT2D eigenvalue weighted by Gasteiger charge is 2.41. The quantitative estimate of drug-likeness (QED) is 0.760. The minimum atomic E-state index is -0.596. The zero-order valence-electron chi connectivity index (χ0n) is 9.42. The van der Waals surface area contributed by atoms with Crippen LogP contribution < -0.4 is 0 Å². The molecule has 0 heterocycles. The van der Waals surface area contributed by atoms with Crippen molar-refractivity contribution in [1.29, 1.82) is 0 Å². The van der Waals surface area contributed by atoms with Crippen LogP contribution in [0.25, 0.3) is 0 Å². The van der Waals surface area contributed by atoms with Crippen molar-refractivity contribution >= 4 is 5.78 Å². The molecule has 1 N–H and O–H groups in total. The second-order valence-electron chi connectivity index (χ2n) is 4.76. The maximum Gasteiger partial charge on any atom is 0.171 e. The minimum absolute atomic E-state index is 0.0704. The Hall–Kier alpha value is -1.15. The van der Waals surface area contributed by atoms with Crippen molar-refractivity contribution in [3.8, 4) is 0 Å². The fraction of sp³-hybridized carbons (Fsp3) is 0.462. The van der Waals surface area contributed by atoms with Gasteiger partial charge in [-0.1, -0.05) is 12.1 Å². The molecule has 80 valence electrons. The van der Waals surface area contributed by atoms with Crippen LogP contribution in [0.4, 0.5) is 0 Å². The number of benzene rings is 1. The van der Waals surface area contributed by atoms with E-state index >= 15 is 0 Å². The predicted octanol–water partition coefficient (Wildman–Crippen LogP) is 2.04. The molecule has 0 aliphatic heterocycles. The molecule has 0 saturated carbocycles. The summed E-state index contributed by atoms with van der Waals surface area (Å²) in [6, 6.07) is 3.87. The largest absolute Gasteiger partial charge is 0.395 e. The molecule has 2 nitrogen and oxygen atoms in total. The Morgan fingerprint density at radius 2 is 2.07 bits per heavy atom. The first-order valence-electron chi connectivity index (χ1n) is 5.24. The molecule has 0 bridgehead atoms. The number of aliphatic hydroxyl groups is 1. The van der Waals surface area contributed by atoms with E-state index in [4.69, 9.17) is 0 Å². The van der Waals surface area contributed by atoms with Crippen LogP contribution in [0.5, 0.6) is 0 Å². The molecule has 1 atom stereocenters. The number of hydrogen-bond acceptors (Lipinski definition) is 2. The molecule has 1 aromatic carbocycles. The van der Waals surface area contributed by atoms with Gasteiger partial charge in [0.2, 0.25) is 0 Å². The third kappa shape index (κ3) is 1.32. The lowest BCUT2D eigenvalue weighted by Crippen LogP contribution is -2.28. The number of aryl methyl sites for hydroxylation is 1. The van der Waals surface area contributed by atoms with Gasteiger partial charge in [0.15, 0.2) is 5.78 Å². The van der Waals surface area contributed by atoms with Crippen molar-refractivity contribution in [2.24, 2.45) is 5.41 Å². The third-order valence-electron chi connectivity index (χ3n) is 3.58. The van der Waals surface area contributed by atoms with Crippen LogP contribution in [0.2, 0.25) is 0 Å². The molecule has 0 spiro atoms. The normalized spacial score (nSPS) is 24.4. The topological polar surface area (TPSA) is 37.3 Å². The van der Waals surface area contributed by atoms with E-state index in [1.807, 2.05) is 26.0 Å². The summed E-state index contributed by atoms with van der Waals surface area (Å²) in [5.41, 5.74) is 3.73. The molecule has 1 aromatic rings. The number of fused-ring (bicyclic) bond motifs is 1. The Balaban J connectivity index is 2.59. The van der Waals surface area contributed by atoms with Gasteiger partial charge in [0, 0.05) is 5.56 Å². The van der Waals surface area contributed by atoms with Crippen molar-refractivity contribution in [1.82, 2.24) is 0 Å². The summed E-state index contributed by atoms with van der Waals surface area (Å²) >= 11 is 0. The molecular weight excluding hydrogens is 188 g/mol. The maximum atomic E-state index is 12.1. The SMILES string of the molecule is Cc1ccc2c(c1C)CC(C)(CO)C2=O. The third-order valence-corrected chi connectivity index (χ3v) is 3.58. The molecule has 0 amide bonds. The number of carbonyl (C=O) groups is 1. The van der Waals surface area contributed by atoms with Gasteiger partial charge in [-0.15, -0.1) is 0 Å². The Morgan fingerprint density at radius 3 is 2.67 bits per heavy atom. The number of carbonyl (C=O) groups excluding carboxylic acids is 1. The van der Waals surface area contributed by atoms with E-state index in [2.05, 4.69) is 6.92 Å². The highest BCUT2D eigenvalue weighted by atomic mass is 16.3.